The number of allylic oxidation sites excluding steroid dienone is 1. The van der Waals surface area contributed by atoms with Crippen molar-refractivity contribution in [3.8, 4) is 6.07 Å². The molecule has 2 N–H and O–H groups in total. The third-order valence-electron chi connectivity index (χ3n) is 3.97. The minimum atomic E-state index is 0.000848. The quantitative estimate of drug-likeness (QED) is 0.493. The first kappa shape index (κ1) is 16.8. The lowest BCUT2D eigenvalue weighted by Gasteiger charge is -2.28. The number of para-hydroxylation sites is 2. The number of nitrogens with one attached hydrogen (secondary N) is 1. The number of rotatable bonds is 3. The Labute approximate surface area is 150 Å². The molecule has 24 heavy (non-hydrogen) atoms. The largest absolute Gasteiger partial charge is 0.510 e. The number of aliphatic hydroxyl groups excluding tert-OH is 1. The Kier molecular flexibility index (Phi) is 5.38. The highest BCUT2D eigenvalue weighted by Crippen LogP contribution is 2.23. The molecule has 0 unspecified atom stereocenters. The summed E-state index contributed by atoms with van der Waals surface area (Å²) in [6, 6.07) is 9.58. The van der Waals surface area contributed by atoms with Crippen LogP contribution in [0.5, 0.6) is 0 Å². The number of H-pyrrole nitrogens is 1. The molecule has 0 spiro atoms. The summed E-state index contributed by atoms with van der Waals surface area (Å²) in [5.41, 5.74) is 1.77. The van der Waals surface area contributed by atoms with E-state index in [0.717, 1.165) is 41.3 Å². The Morgan fingerprint density at radius 3 is 2.79 bits per heavy atom. The molecule has 2 heterocycles. The van der Waals surface area contributed by atoms with Gasteiger partial charge in [-0.05, 0) is 31.4 Å². The maximum atomic E-state index is 10.3. The summed E-state index contributed by atoms with van der Waals surface area (Å²) in [6.45, 7) is 1.95. The van der Waals surface area contributed by atoms with E-state index >= 15 is 0 Å². The van der Waals surface area contributed by atoms with Crippen molar-refractivity contribution in [3.63, 3.8) is 0 Å². The number of nitriles is 1. The molecule has 1 aromatic heterocycles. The Hall–Kier alpha value is -2.04. The summed E-state index contributed by atoms with van der Waals surface area (Å²) < 4.78 is 0.781. The van der Waals surface area contributed by atoms with E-state index in [1.807, 2.05) is 30.3 Å². The van der Waals surface area contributed by atoms with Gasteiger partial charge in [0.05, 0.1) is 16.8 Å². The van der Waals surface area contributed by atoms with Crippen molar-refractivity contribution in [2.24, 2.45) is 0 Å². The molecule has 1 fully saturated rings. The molecular weight excluding hydrogens is 340 g/mol. The van der Waals surface area contributed by atoms with Crippen LogP contribution in [0.1, 0.15) is 25.1 Å². The SMILES string of the molecule is N#CC(=C(O)CSC(=S)N1CCCCC1)c1nc2ccccc2[nH]1. The van der Waals surface area contributed by atoms with Crippen molar-refractivity contribution in [1.82, 2.24) is 14.9 Å². The fourth-order valence-corrected chi connectivity index (χ4v) is 3.82. The molecule has 0 radical (unpaired) electrons. The number of thioether (sulfide) groups is 1. The molecular formula is C17H18N4OS2. The molecule has 2 aromatic rings. The average molecular weight is 358 g/mol. The highest BCUT2D eigenvalue weighted by atomic mass is 32.2. The molecule has 0 bridgehead atoms. The average Bonchev–Trinajstić information content (AvgIpc) is 3.04. The monoisotopic (exact) mass is 358 g/mol. The second-order valence-corrected chi connectivity index (χ2v) is 7.25. The fourth-order valence-electron chi connectivity index (χ4n) is 2.70. The van der Waals surface area contributed by atoms with Crippen molar-refractivity contribution >= 4 is 44.9 Å². The number of aliphatic hydroxyl groups is 1. The van der Waals surface area contributed by atoms with Gasteiger partial charge in [0.15, 0.2) is 5.82 Å². The fraction of sp³-hybridized carbons (Fsp3) is 0.353. The van der Waals surface area contributed by atoms with Gasteiger partial charge < -0.3 is 15.0 Å². The molecule has 5 nitrogen and oxygen atoms in total. The van der Waals surface area contributed by atoms with Crippen LogP contribution in [0.3, 0.4) is 0 Å². The van der Waals surface area contributed by atoms with Crippen LogP contribution in [-0.4, -0.2) is 43.1 Å². The molecule has 1 aromatic carbocycles. The van der Waals surface area contributed by atoms with Gasteiger partial charge in [-0.25, -0.2) is 4.98 Å². The van der Waals surface area contributed by atoms with Crippen LogP contribution in [0.25, 0.3) is 16.6 Å². The van der Waals surface area contributed by atoms with Crippen LogP contribution in [0.2, 0.25) is 0 Å². The smallest absolute Gasteiger partial charge is 0.152 e. The Morgan fingerprint density at radius 2 is 2.08 bits per heavy atom. The summed E-state index contributed by atoms with van der Waals surface area (Å²) >= 11 is 6.83. The highest BCUT2D eigenvalue weighted by molar-refractivity contribution is 8.23. The number of imidazole rings is 1. The third kappa shape index (κ3) is 3.71. The van der Waals surface area contributed by atoms with Gasteiger partial charge in [0, 0.05) is 13.1 Å². The summed E-state index contributed by atoms with van der Waals surface area (Å²) in [4.78, 5) is 9.62. The lowest BCUT2D eigenvalue weighted by Crippen LogP contribution is -2.32. The third-order valence-corrected chi connectivity index (χ3v) is 5.51. The molecule has 0 aliphatic carbocycles. The number of fused-ring (bicyclic) bond motifs is 1. The maximum absolute atomic E-state index is 10.3. The van der Waals surface area contributed by atoms with Gasteiger partial charge in [0.1, 0.15) is 21.7 Å². The first-order valence-corrected chi connectivity index (χ1v) is 9.27. The van der Waals surface area contributed by atoms with Gasteiger partial charge in [0.25, 0.3) is 0 Å². The molecule has 3 rings (SSSR count). The number of aromatic nitrogens is 2. The van der Waals surface area contributed by atoms with Crippen LogP contribution >= 0.6 is 24.0 Å². The molecule has 1 aliphatic rings. The number of thiocarbonyl (C=S) groups is 1. The summed E-state index contributed by atoms with van der Waals surface area (Å²) in [7, 11) is 0. The van der Waals surface area contributed by atoms with Gasteiger partial charge >= 0.3 is 0 Å². The normalized spacial score (nSPS) is 15.9. The first-order chi connectivity index (χ1) is 11.7. The molecule has 124 valence electrons. The van der Waals surface area contributed by atoms with Crippen molar-refractivity contribution in [1.29, 1.82) is 5.26 Å². The predicted molar refractivity (Wildman–Crippen MR) is 102 cm³/mol. The highest BCUT2D eigenvalue weighted by Gasteiger charge is 2.17. The van der Waals surface area contributed by atoms with Crippen LogP contribution in [0.4, 0.5) is 0 Å². The first-order valence-electron chi connectivity index (χ1n) is 7.88. The number of aromatic amines is 1. The summed E-state index contributed by atoms with van der Waals surface area (Å²) in [6.07, 6.45) is 3.56. The van der Waals surface area contributed by atoms with Crippen molar-refractivity contribution in [2.75, 3.05) is 18.8 Å². The van der Waals surface area contributed by atoms with E-state index in [-0.39, 0.29) is 17.1 Å². The van der Waals surface area contributed by atoms with Crippen molar-refractivity contribution in [3.05, 3.63) is 35.8 Å². The number of nitrogens with zero attached hydrogens (tertiary/aromatic N) is 3. The minimum Gasteiger partial charge on any atom is -0.510 e. The number of hydrogen-bond donors (Lipinski definition) is 2. The number of benzene rings is 1. The van der Waals surface area contributed by atoms with Crippen molar-refractivity contribution < 1.29 is 5.11 Å². The lowest BCUT2D eigenvalue weighted by atomic mass is 10.1. The van der Waals surface area contributed by atoms with Gasteiger partial charge in [-0.2, -0.15) is 5.26 Å². The predicted octanol–water partition coefficient (Wildman–Crippen LogP) is 3.86. The van der Waals surface area contributed by atoms with E-state index in [2.05, 4.69) is 14.9 Å². The molecule has 7 heteroatoms. The van der Waals surface area contributed by atoms with Gasteiger partial charge in [0.2, 0.25) is 0 Å². The van der Waals surface area contributed by atoms with Crippen molar-refractivity contribution in [2.45, 2.75) is 19.3 Å². The van der Waals surface area contributed by atoms with E-state index < -0.39 is 0 Å². The number of likely N-dealkylation sites (tertiary alicyclic amines) is 1. The lowest BCUT2D eigenvalue weighted by molar-refractivity contribution is 0.352. The standard InChI is InChI=1S/C17H18N4OS2/c18-10-12(16-19-13-6-2-3-7-14(13)20-16)15(22)11-24-17(23)21-8-4-1-5-9-21/h2-3,6-7,22H,1,4-5,8-9,11H2,(H,19,20). The molecule has 0 amide bonds. The second kappa shape index (κ2) is 7.69. The Bertz CT molecular complexity index is 782. The zero-order valence-electron chi connectivity index (χ0n) is 13.2. The van der Waals surface area contributed by atoms with E-state index in [0.29, 0.717) is 5.82 Å². The van der Waals surface area contributed by atoms with Crippen LogP contribution < -0.4 is 0 Å². The van der Waals surface area contributed by atoms with Crippen LogP contribution in [-0.2, 0) is 0 Å². The van der Waals surface area contributed by atoms with E-state index in [4.69, 9.17) is 12.2 Å². The molecule has 1 saturated heterocycles. The van der Waals surface area contributed by atoms with E-state index in [1.54, 1.807) is 0 Å². The van der Waals surface area contributed by atoms with E-state index in [9.17, 15) is 10.4 Å². The summed E-state index contributed by atoms with van der Waals surface area (Å²) in [5.74, 6) is 0.663. The molecule has 0 saturated carbocycles. The Balaban J connectivity index is 1.73. The van der Waals surface area contributed by atoms with Crippen LogP contribution in [0.15, 0.2) is 30.0 Å². The van der Waals surface area contributed by atoms with Gasteiger partial charge in [-0.3, -0.25) is 0 Å². The second-order valence-electron chi connectivity index (χ2n) is 5.64. The topological polar surface area (TPSA) is 75.9 Å². The zero-order valence-corrected chi connectivity index (χ0v) is 14.8. The Morgan fingerprint density at radius 1 is 1.33 bits per heavy atom. The molecule has 1 aliphatic heterocycles. The summed E-state index contributed by atoms with van der Waals surface area (Å²) in [5, 5.41) is 19.7. The van der Waals surface area contributed by atoms with Gasteiger partial charge in [-0.15, -0.1) is 0 Å². The van der Waals surface area contributed by atoms with Gasteiger partial charge in [-0.1, -0.05) is 36.1 Å². The number of hydrogen-bond acceptors (Lipinski definition) is 5. The molecule has 0 atom stereocenters. The maximum Gasteiger partial charge on any atom is 0.152 e. The minimum absolute atomic E-state index is 0.000848. The number of piperidine rings is 1. The van der Waals surface area contributed by atoms with E-state index in [1.165, 1.54) is 18.2 Å². The van der Waals surface area contributed by atoms with Crippen LogP contribution in [0, 0.1) is 11.3 Å². The zero-order chi connectivity index (χ0) is 16.9.